The lowest BCUT2D eigenvalue weighted by atomic mass is 10.00. The molecule has 2 amide bonds. The van der Waals surface area contributed by atoms with Gasteiger partial charge in [-0.15, -0.1) is 0 Å². The Labute approximate surface area is 180 Å². The van der Waals surface area contributed by atoms with Gasteiger partial charge in [0.25, 0.3) is 5.91 Å². The van der Waals surface area contributed by atoms with Gasteiger partial charge in [-0.05, 0) is 29.3 Å². The van der Waals surface area contributed by atoms with Gasteiger partial charge in [-0.1, -0.05) is 60.7 Å². The highest BCUT2D eigenvalue weighted by atomic mass is 16.5. The lowest BCUT2D eigenvalue weighted by Crippen LogP contribution is -2.26. The van der Waals surface area contributed by atoms with E-state index in [9.17, 15) is 9.59 Å². The molecule has 0 spiro atoms. The molecule has 0 radical (unpaired) electrons. The maximum Gasteiger partial charge on any atom is 0.258 e. The van der Waals surface area contributed by atoms with E-state index in [2.05, 4.69) is 16.0 Å². The minimum atomic E-state index is -0.160. The van der Waals surface area contributed by atoms with Gasteiger partial charge in [0.2, 0.25) is 5.91 Å². The number of rotatable bonds is 7. The van der Waals surface area contributed by atoms with Crippen LogP contribution in [0.15, 0.2) is 78.9 Å². The first kappa shape index (κ1) is 20.4. The van der Waals surface area contributed by atoms with E-state index in [1.807, 2.05) is 78.9 Å². The summed E-state index contributed by atoms with van der Waals surface area (Å²) in [5.41, 5.74) is 5.75. The number of anilines is 2. The Morgan fingerprint density at radius 1 is 0.935 bits per heavy atom. The van der Waals surface area contributed by atoms with Gasteiger partial charge in [0.05, 0.1) is 11.3 Å². The third-order valence-corrected chi connectivity index (χ3v) is 4.97. The predicted molar refractivity (Wildman–Crippen MR) is 122 cm³/mol. The van der Waals surface area contributed by atoms with Crippen molar-refractivity contribution in [2.75, 3.05) is 24.4 Å². The fourth-order valence-corrected chi connectivity index (χ4v) is 3.48. The Morgan fingerprint density at radius 2 is 1.65 bits per heavy atom. The Hall–Kier alpha value is -3.90. The normalized spacial score (nSPS) is 13.9. The molecule has 0 saturated carbocycles. The molecular weight excluding hydrogens is 390 g/mol. The van der Waals surface area contributed by atoms with E-state index < -0.39 is 0 Å². The number of methoxy groups -OCH3 is 1. The number of benzene rings is 3. The van der Waals surface area contributed by atoms with Crippen LogP contribution in [-0.2, 0) is 20.9 Å². The quantitative estimate of drug-likeness (QED) is 0.514. The van der Waals surface area contributed by atoms with Gasteiger partial charge in [0.1, 0.15) is 6.61 Å². The molecule has 6 nitrogen and oxygen atoms in total. The highest BCUT2D eigenvalue weighted by Crippen LogP contribution is 2.37. The van der Waals surface area contributed by atoms with Gasteiger partial charge >= 0.3 is 0 Å². The molecule has 4 rings (SSSR count). The number of ether oxygens (including phenoxy) is 1. The smallest absolute Gasteiger partial charge is 0.258 e. The van der Waals surface area contributed by atoms with Crippen LogP contribution in [0, 0.1) is 0 Å². The number of carbonyl (C=O) groups is 2. The molecule has 0 atom stereocenters. The minimum absolute atomic E-state index is 0.0389. The van der Waals surface area contributed by atoms with Crippen LogP contribution in [0.5, 0.6) is 0 Å². The van der Waals surface area contributed by atoms with Crippen molar-refractivity contribution in [3.8, 4) is 0 Å². The van der Waals surface area contributed by atoms with Crippen molar-refractivity contribution in [2.45, 2.75) is 6.54 Å². The first-order valence-electron chi connectivity index (χ1n) is 9.98. The molecule has 1 aliphatic rings. The largest absolute Gasteiger partial charge is 0.375 e. The number of amides is 2. The van der Waals surface area contributed by atoms with E-state index in [4.69, 9.17) is 4.74 Å². The molecule has 0 saturated heterocycles. The third-order valence-electron chi connectivity index (χ3n) is 4.97. The van der Waals surface area contributed by atoms with E-state index in [1.165, 1.54) is 7.11 Å². The number of para-hydroxylation sites is 1. The highest BCUT2D eigenvalue weighted by molar-refractivity contribution is 6.37. The number of fused-ring (bicyclic) bond motifs is 1. The average molecular weight is 413 g/mol. The zero-order valence-electron chi connectivity index (χ0n) is 17.1. The molecule has 6 heteroatoms. The van der Waals surface area contributed by atoms with Crippen LogP contribution < -0.4 is 16.0 Å². The molecule has 0 bridgehead atoms. The Bertz CT molecular complexity index is 1120. The molecule has 0 unspecified atom stereocenters. The van der Waals surface area contributed by atoms with Crippen LogP contribution in [0.2, 0.25) is 0 Å². The maximum atomic E-state index is 12.8. The number of hydrogen-bond donors (Lipinski definition) is 3. The molecular formula is C25H23N3O3. The summed E-state index contributed by atoms with van der Waals surface area (Å²) < 4.78 is 4.82. The second kappa shape index (κ2) is 9.28. The van der Waals surface area contributed by atoms with Gasteiger partial charge in [-0.25, -0.2) is 0 Å². The summed E-state index contributed by atoms with van der Waals surface area (Å²) >= 11 is 0. The van der Waals surface area contributed by atoms with Gasteiger partial charge in [0, 0.05) is 30.6 Å². The van der Waals surface area contributed by atoms with Crippen LogP contribution in [0.25, 0.3) is 11.3 Å². The van der Waals surface area contributed by atoms with Crippen LogP contribution in [0.1, 0.15) is 16.7 Å². The standard InChI is InChI=1S/C25H23N3O3/c1-31-16-22(29)26-15-17-11-13-19(14-12-17)27-24(18-7-3-2-4-8-18)23-20-9-5-6-10-21(20)28-25(23)30/h2-14,27H,15-16H2,1H3,(H,26,29)(H,28,30). The van der Waals surface area contributed by atoms with Gasteiger partial charge in [-0.2, -0.15) is 0 Å². The van der Waals surface area contributed by atoms with Crippen molar-refractivity contribution in [3.05, 3.63) is 95.6 Å². The van der Waals surface area contributed by atoms with E-state index in [0.717, 1.165) is 33.8 Å². The molecule has 1 heterocycles. The monoisotopic (exact) mass is 413 g/mol. The lowest BCUT2D eigenvalue weighted by Gasteiger charge is -2.15. The summed E-state index contributed by atoms with van der Waals surface area (Å²) in [5.74, 6) is -0.295. The fraction of sp³-hybridized carbons (Fsp3) is 0.120. The second-order valence-corrected chi connectivity index (χ2v) is 7.15. The number of hydrogen-bond acceptors (Lipinski definition) is 4. The zero-order chi connectivity index (χ0) is 21.6. The maximum absolute atomic E-state index is 12.8. The number of nitrogens with one attached hydrogen (secondary N) is 3. The summed E-state index contributed by atoms with van der Waals surface area (Å²) in [7, 11) is 1.49. The van der Waals surface area contributed by atoms with Gasteiger partial charge in [-0.3, -0.25) is 9.59 Å². The summed E-state index contributed by atoms with van der Waals surface area (Å²) in [5, 5.41) is 9.18. The molecule has 0 aromatic heterocycles. The Morgan fingerprint density at radius 3 is 2.39 bits per heavy atom. The van der Waals surface area contributed by atoms with Crippen molar-refractivity contribution in [2.24, 2.45) is 0 Å². The fourth-order valence-electron chi connectivity index (χ4n) is 3.48. The summed E-state index contributed by atoms with van der Waals surface area (Å²) in [4.78, 5) is 24.4. The first-order chi connectivity index (χ1) is 15.2. The van der Waals surface area contributed by atoms with Crippen molar-refractivity contribution < 1.29 is 14.3 Å². The van der Waals surface area contributed by atoms with E-state index in [-0.39, 0.29) is 18.4 Å². The van der Waals surface area contributed by atoms with Crippen molar-refractivity contribution >= 4 is 34.5 Å². The molecule has 3 N–H and O–H groups in total. The van der Waals surface area contributed by atoms with Gasteiger partial charge < -0.3 is 20.7 Å². The molecule has 3 aromatic carbocycles. The van der Waals surface area contributed by atoms with Crippen LogP contribution >= 0.6 is 0 Å². The van der Waals surface area contributed by atoms with Crippen molar-refractivity contribution in [1.29, 1.82) is 0 Å². The third kappa shape index (κ3) is 4.65. The molecule has 0 fully saturated rings. The SMILES string of the molecule is COCC(=O)NCc1ccc(NC(=C2C(=O)Nc3ccccc32)c2ccccc2)cc1. The Balaban J connectivity index is 1.63. The molecule has 0 aliphatic carbocycles. The van der Waals surface area contributed by atoms with E-state index >= 15 is 0 Å². The molecule has 31 heavy (non-hydrogen) atoms. The molecule has 3 aromatic rings. The van der Waals surface area contributed by atoms with Crippen LogP contribution in [-0.4, -0.2) is 25.5 Å². The van der Waals surface area contributed by atoms with Crippen LogP contribution in [0.3, 0.4) is 0 Å². The first-order valence-corrected chi connectivity index (χ1v) is 9.98. The summed E-state index contributed by atoms with van der Waals surface area (Å²) in [6, 6.07) is 25.2. The summed E-state index contributed by atoms with van der Waals surface area (Å²) in [6.07, 6.45) is 0. The Kier molecular flexibility index (Phi) is 6.10. The second-order valence-electron chi connectivity index (χ2n) is 7.15. The average Bonchev–Trinajstić information content (AvgIpc) is 3.13. The zero-order valence-corrected chi connectivity index (χ0v) is 17.1. The van der Waals surface area contributed by atoms with Crippen molar-refractivity contribution in [1.82, 2.24) is 5.32 Å². The molecule has 156 valence electrons. The lowest BCUT2D eigenvalue weighted by molar-refractivity contribution is -0.124. The summed E-state index contributed by atoms with van der Waals surface area (Å²) in [6.45, 7) is 0.460. The van der Waals surface area contributed by atoms with E-state index in [0.29, 0.717) is 12.1 Å². The highest BCUT2D eigenvalue weighted by Gasteiger charge is 2.27. The number of carbonyl (C=O) groups excluding carboxylic acids is 2. The minimum Gasteiger partial charge on any atom is -0.375 e. The topological polar surface area (TPSA) is 79.5 Å². The van der Waals surface area contributed by atoms with Gasteiger partial charge in [0.15, 0.2) is 0 Å². The van der Waals surface area contributed by atoms with Crippen LogP contribution in [0.4, 0.5) is 11.4 Å². The molecule has 1 aliphatic heterocycles. The van der Waals surface area contributed by atoms with Crippen molar-refractivity contribution in [3.63, 3.8) is 0 Å². The predicted octanol–water partition coefficient (Wildman–Crippen LogP) is 3.88. The van der Waals surface area contributed by atoms with E-state index in [1.54, 1.807) is 0 Å².